The summed E-state index contributed by atoms with van der Waals surface area (Å²) in [5.41, 5.74) is 2.20. The summed E-state index contributed by atoms with van der Waals surface area (Å²) in [4.78, 5) is 0. The number of hydrogen-bond donors (Lipinski definition) is 1. The van der Waals surface area contributed by atoms with Gasteiger partial charge in [0.05, 0.1) is 26.5 Å². The van der Waals surface area contributed by atoms with Gasteiger partial charge >= 0.3 is 0 Å². The number of hydrogen-bond acceptors (Lipinski definition) is 4. The normalized spacial score (nSPS) is 12.2. The molecule has 0 amide bonds. The van der Waals surface area contributed by atoms with E-state index in [1.54, 1.807) is 20.5 Å². The Bertz CT molecular complexity index is 563. The highest BCUT2D eigenvalue weighted by molar-refractivity contribution is 5.46. The first-order valence-corrected chi connectivity index (χ1v) is 6.70. The van der Waals surface area contributed by atoms with Crippen LogP contribution in [0.1, 0.15) is 29.9 Å². The van der Waals surface area contributed by atoms with Crippen LogP contribution in [0.5, 0.6) is 11.5 Å². The van der Waals surface area contributed by atoms with Crippen LogP contribution in [0.25, 0.3) is 0 Å². The van der Waals surface area contributed by atoms with Crippen LogP contribution in [-0.2, 0) is 6.42 Å². The van der Waals surface area contributed by atoms with E-state index in [4.69, 9.17) is 13.9 Å². The molecular formula is C16H21NO3. The lowest BCUT2D eigenvalue weighted by atomic mass is 9.97. The summed E-state index contributed by atoms with van der Waals surface area (Å²) < 4.78 is 16.3. The monoisotopic (exact) mass is 275 g/mol. The molecule has 0 aliphatic heterocycles. The molecular weight excluding hydrogens is 254 g/mol. The quantitative estimate of drug-likeness (QED) is 0.879. The lowest BCUT2D eigenvalue weighted by Gasteiger charge is -2.20. The van der Waals surface area contributed by atoms with Gasteiger partial charge in [-0.2, -0.15) is 0 Å². The molecule has 0 radical (unpaired) electrons. The molecule has 2 aromatic rings. The maximum atomic E-state index is 5.53. The fourth-order valence-corrected chi connectivity index (χ4v) is 2.43. The van der Waals surface area contributed by atoms with Crippen LogP contribution in [0.4, 0.5) is 0 Å². The first-order valence-electron chi connectivity index (χ1n) is 6.70. The second-order valence-corrected chi connectivity index (χ2v) is 4.48. The molecule has 0 saturated heterocycles. The maximum Gasteiger partial charge on any atom is 0.127 e. The molecule has 1 atom stereocenters. The number of rotatable bonds is 6. The van der Waals surface area contributed by atoms with Crippen molar-refractivity contribution in [3.63, 3.8) is 0 Å². The zero-order valence-corrected chi connectivity index (χ0v) is 12.4. The Morgan fingerprint density at radius 2 is 1.95 bits per heavy atom. The molecule has 4 heteroatoms. The maximum absolute atomic E-state index is 5.53. The molecule has 20 heavy (non-hydrogen) atoms. The van der Waals surface area contributed by atoms with E-state index in [0.717, 1.165) is 34.8 Å². The summed E-state index contributed by atoms with van der Waals surface area (Å²) in [5, 5.41) is 3.33. The van der Waals surface area contributed by atoms with Crippen LogP contribution in [0.15, 0.2) is 34.9 Å². The van der Waals surface area contributed by atoms with E-state index >= 15 is 0 Å². The Hall–Kier alpha value is -1.94. The molecule has 1 N–H and O–H groups in total. The number of ether oxygens (including phenoxy) is 2. The fourth-order valence-electron chi connectivity index (χ4n) is 2.43. The minimum atomic E-state index is 0.0320. The third kappa shape index (κ3) is 2.65. The van der Waals surface area contributed by atoms with Crippen LogP contribution < -0.4 is 14.8 Å². The van der Waals surface area contributed by atoms with Crippen molar-refractivity contribution in [1.82, 2.24) is 5.32 Å². The van der Waals surface area contributed by atoms with Gasteiger partial charge in [-0.15, -0.1) is 0 Å². The number of aryl methyl sites for hydroxylation is 1. The average molecular weight is 275 g/mol. The summed E-state index contributed by atoms with van der Waals surface area (Å²) in [6.45, 7) is 2.08. The average Bonchev–Trinajstić information content (AvgIpc) is 2.96. The molecule has 0 bridgehead atoms. The molecule has 0 saturated carbocycles. The van der Waals surface area contributed by atoms with E-state index in [-0.39, 0.29) is 6.04 Å². The Morgan fingerprint density at radius 1 is 1.15 bits per heavy atom. The zero-order chi connectivity index (χ0) is 14.5. The largest absolute Gasteiger partial charge is 0.497 e. The van der Waals surface area contributed by atoms with Crippen molar-refractivity contribution in [2.45, 2.75) is 19.4 Å². The van der Waals surface area contributed by atoms with Gasteiger partial charge in [0, 0.05) is 23.6 Å². The van der Waals surface area contributed by atoms with E-state index in [1.165, 1.54) is 0 Å². The molecule has 0 aliphatic carbocycles. The van der Waals surface area contributed by atoms with Crippen molar-refractivity contribution in [2.75, 3.05) is 21.3 Å². The second kappa shape index (κ2) is 6.48. The van der Waals surface area contributed by atoms with Gasteiger partial charge in [0.2, 0.25) is 0 Å². The van der Waals surface area contributed by atoms with E-state index < -0.39 is 0 Å². The molecule has 1 unspecified atom stereocenters. The molecule has 0 fully saturated rings. The van der Waals surface area contributed by atoms with Crippen molar-refractivity contribution in [3.05, 3.63) is 47.4 Å². The summed E-state index contributed by atoms with van der Waals surface area (Å²) in [6.07, 6.45) is 2.59. The molecule has 0 spiro atoms. The predicted octanol–water partition coefficient (Wildman–Crippen LogP) is 3.17. The van der Waals surface area contributed by atoms with E-state index in [9.17, 15) is 0 Å². The number of benzene rings is 1. The molecule has 2 rings (SSSR count). The second-order valence-electron chi connectivity index (χ2n) is 4.48. The Balaban J connectivity index is 2.46. The van der Waals surface area contributed by atoms with Gasteiger partial charge in [0.25, 0.3) is 0 Å². The number of furan rings is 1. The molecule has 4 nitrogen and oxygen atoms in total. The third-order valence-corrected chi connectivity index (χ3v) is 3.45. The summed E-state index contributed by atoms with van der Waals surface area (Å²) in [5.74, 6) is 2.57. The van der Waals surface area contributed by atoms with Crippen molar-refractivity contribution in [1.29, 1.82) is 0 Å². The van der Waals surface area contributed by atoms with Gasteiger partial charge in [0.15, 0.2) is 0 Å². The van der Waals surface area contributed by atoms with E-state index in [0.29, 0.717) is 0 Å². The van der Waals surface area contributed by atoms with Gasteiger partial charge < -0.3 is 19.2 Å². The molecule has 0 aliphatic rings. The first kappa shape index (κ1) is 14.5. The van der Waals surface area contributed by atoms with Crippen molar-refractivity contribution in [2.24, 2.45) is 0 Å². The molecule has 1 aromatic heterocycles. The number of methoxy groups -OCH3 is 2. The Kier molecular flexibility index (Phi) is 4.69. The van der Waals surface area contributed by atoms with E-state index in [2.05, 4.69) is 12.2 Å². The lowest BCUT2D eigenvalue weighted by molar-refractivity contribution is 0.388. The van der Waals surface area contributed by atoms with Crippen molar-refractivity contribution < 1.29 is 13.9 Å². The van der Waals surface area contributed by atoms with Crippen LogP contribution in [0.2, 0.25) is 0 Å². The van der Waals surface area contributed by atoms with Crippen LogP contribution >= 0.6 is 0 Å². The highest BCUT2D eigenvalue weighted by Crippen LogP contribution is 2.34. The predicted molar refractivity (Wildman–Crippen MR) is 78.5 cm³/mol. The van der Waals surface area contributed by atoms with Gasteiger partial charge in [-0.1, -0.05) is 6.92 Å². The molecule has 108 valence electrons. The topological polar surface area (TPSA) is 43.6 Å². The summed E-state index contributed by atoms with van der Waals surface area (Å²) >= 11 is 0. The lowest BCUT2D eigenvalue weighted by Crippen LogP contribution is -2.19. The highest BCUT2D eigenvalue weighted by Gasteiger charge is 2.21. The highest BCUT2D eigenvalue weighted by atomic mass is 16.5. The van der Waals surface area contributed by atoms with Gasteiger partial charge in [-0.05, 0) is 25.2 Å². The zero-order valence-electron chi connectivity index (χ0n) is 12.4. The van der Waals surface area contributed by atoms with Crippen molar-refractivity contribution >= 4 is 0 Å². The van der Waals surface area contributed by atoms with Crippen LogP contribution in [0, 0.1) is 0 Å². The Labute approximate surface area is 119 Å². The standard InChI is InChI=1S/C16H21NO3/c1-5-14-13(8-9-20-14)16(17-2)12-7-6-11(18-3)10-15(12)19-4/h6-10,16-17H,5H2,1-4H3. The summed E-state index contributed by atoms with van der Waals surface area (Å²) in [6, 6.07) is 7.89. The minimum Gasteiger partial charge on any atom is -0.497 e. The van der Waals surface area contributed by atoms with Crippen LogP contribution in [0.3, 0.4) is 0 Å². The SMILES string of the molecule is CCc1occc1C(NC)c1ccc(OC)cc1OC. The minimum absolute atomic E-state index is 0.0320. The smallest absolute Gasteiger partial charge is 0.127 e. The third-order valence-electron chi connectivity index (χ3n) is 3.45. The molecule has 1 heterocycles. The first-order chi connectivity index (χ1) is 9.74. The Morgan fingerprint density at radius 3 is 2.55 bits per heavy atom. The van der Waals surface area contributed by atoms with Gasteiger partial charge in [0.1, 0.15) is 17.3 Å². The fraction of sp³-hybridized carbons (Fsp3) is 0.375. The number of nitrogens with one attached hydrogen (secondary N) is 1. The molecule has 1 aromatic carbocycles. The van der Waals surface area contributed by atoms with Crippen LogP contribution in [-0.4, -0.2) is 21.3 Å². The summed E-state index contributed by atoms with van der Waals surface area (Å²) in [7, 11) is 5.25. The van der Waals surface area contributed by atoms with E-state index in [1.807, 2.05) is 31.3 Å². The van der Waals surface area contributed by atoms with Gasteiger partial charge in [-0.25, -0.2) is 0 Å². The van der Waals surface area contributed by atoms with Gasteiger partial charge in [-0.3, -0.25) is 0 Å². The van der Waals surface area contributed by atoms with Crippen molar-refractivity contribution in [3.8, 4) is 11.5 Å².